The second kappa shape index (κ2) is 8.96. The predicted molar refractivity (Wildman–Crippen MR) is 119 cm³/mol. The molecule has 164 valence electrons. The van der Waals surface area contributed by atoms with Crippen LogP contribution in [0.4, 0.5) is 0 Å². The van der Waals surface area contributed by atoms with Gasteiger partial charge in [0.2, 0.25) is 5.91 Å². The van der Waals surface area contributed by atoms with E-state index in [0.29, 0.717) is 17.4 Å². The fourth-order valence-electron chi connectivity index (χ4n) is 6.64. The first-order chi connectivity index (χ1) is 14.7. The molecule has 1 saturated carbocycles. The van der Waals surface area contributed by atoms with Crippen molar-refractivity contribution in [3.63, 3.8) is 0 Å². The van der Waals surface area contributed by atoms with Crippen LogP contribution in [0.3, 0.4) is 0 Å². The summed E-state index contributed by atoms with van der Waals surface area (Å²) in [6, 6.07) is 4.91. The van der Waals surface area contributed by atoms with Crippen LogP contribution >= 0.6 is 0 Å². The lowest BCUT2D eigenvalue weighted by Gasteiger charge is -2.42. The van der Waals surface area contributed by atoms with Gasteiger partial charge in [0.15, 0.2) is 0 Å². The summed E-state index contributed by atoms with van der Waals surface area (Å²) in [5, 5.41) is 0. The van der Waals surface area contributed by atoms with Crippen LogP contribution in [-0.4, -0.2) is 70.9 Å². The van der Waals surface area contributed by atoms with Gasteiger partial charge in [0.1, 0.15) is 0 Å². The Kier molecular flexibility index (Phi) is 6.10. The Morgan fingerprint density at radius 2 is 1.73 bits per heavy atom. The van der Waals surface area contributed by atoms with Crippen LogP contribution in [0.15, 0.2) is 24.5 Å². The van der Waals surface area contributed by atoms with Crippen molar-refractivity contribution in [2.24, 2.45) is 11.3 Å². The maximum Gasteiger partial charge on any atom is 0.226 e. The molecule has 4 heterocycles. The number of carbonyl (C=O) groups is 1. The van der Waals surface area contributed by atoms with Gasteiger partial charge in [-0.25, -0.2) is 0 Å². The third kappa shape index (κ3) is 4.43. The molecular weight excluding hydrogens is 372 g/mol. The highest BCUT2D eigenvalue weighted by atomic mass is 16.2. The number of likely N-dealkylation sites (tertiary alicyclic amines) is 3. The molecule has 4 aliphatic rings. The lowest BCUT2D eigenvalue weighted by molar-refractivity contribution is -0.137. The quantitative estimate of drug-likeness (QED) is 0.761. The number of pyridine rings is 1. The molecule has 1 atom stereocenters. The zero-order chi connectivity index (χ0) is 20.4. The van der Waals surface area contributed by atoms with Crippen molar-refractivity contribution in [3.05, 3.63) is 30.1 Å². The predicted octanol–water partition coefficient (Wildman–Crippen LogP) is 3.55. The van der Waals surface area contributed by atoms with Crippen LogP contribution in [0.1, 0.15) is 63.4 Å². The molecule has 0 bridgehead atoms. The molecule has 1 spiro atoms. The van der Waals surface area contributed by atoms with Crippen LogP contribution in [0.2, 0.25) is 0 Å². The molecule has 5 rings (SSSR count). The van der Waals surface area contributed by atoms with E-state index < -0.39 is 0 Å². The van der Waals surface area contributed by atoms with E-state index in [0.717, 1.165) is 45.7 Å². The van der Waals surface area contributed by atoms with Gasteiger partial charge < -0.3 is 4.90 Å². The number of hydrogen-bond acceptors (Lipinski definition) is 4. The van der Waals surface area contributed by atoms with Crippen molar-refractivity contribution in [2.45, 2.75) is 70.4 Å². The van der Waals surface area contributed by atoms with Gasteiger partial charge in [-0.2, -0.15) is 0 Å². The number of hydrogen-bond donors (Lipinski definition) is 0. The molecule has 0 radical (unpaired) electrons. The largest absolute Gasteiger partial charge is 0.342 e. The standard InChI is InChI=1S/C25H38N4O/c30-24(29-17-11-25(20-29)9-1-2-10-25)22-4-3-14-28(19-22)23-7-15-27(16-8-23)18-21-5-12-26-13-6-21/h5-6,12-13,22-23H,1-4,7-11,14-20H2. The monoisotopic (exact) mass is 410 g/mol. The molecule has 1 unspecified atom stereocenters. The minimum atomic E-state index is 0.241. The fraction of sp³-hybridized carbons (Fsp3) is 0.760. The van der Waals surface area contributed by atoms with Gasteiger partial charge in [-0.05, 0) is 87.7 Å². The molecular formula is C25H38N4O. The molecule has 5 nitrogen and oxygen atoms in total. The summed E-state index contributed by atoms with van der Waals surface area (Å²) in [5.41, 5.74) is 1.85. The smallest absolute Gasteiger partial charge is 0.226 e. The molecule has 3 saturated heterocycles. The normalized spacial score (nSPS) is 28.4. The number of piperidine rings is 2. The number of aromatic nitrogens is 1. The second-order valence-electron chi connectivity index (χ2n) is 10.4. The number of carbonyl (C=O) groups excluding carboxylic acids is 1. The Bertz CT molecular complexity index is 709. The highest BCUT2D eigenvalue weighted by Crippen LogP contribution is 2.45. The van der Waals surface area contributed by atoms with Crippen molar-refractivity contribution in [3.8, 4) is 0 Å². The van der Waals surface area contributed by atoms with E-state index in [1.54, 1.807) is 0 Å². The summed E-state index contributed by atoms with van der Waals surface area (Å²) in [5.74, 6) is 0.712. The van der Waals surface area contributed by atoms with E-state index in [2.05, 4.69) is 31.8 Å². The third-order valence-electron chi connectivity index (χ3n) is 8.45. The molecule has 30 heavy (non-hydrogen) atoms. The Balaban J connectivity index is 1.11. The van der Waals surface area contributed by atoms with Gasteiger partial charge in [0, 0.05) is 44.6 Å². The molecule has 0 aromatic carbocycles. The topological polar surface area (TPSA) is 39.7 Å². The van der Waals surface area contributed by atoms with Crippen LogP contribution in [-0.2, 0) is 11.3 Å². The summed E-state index contributed by atoms with van der Waals surface area (Å²) >= 11 is 0. The molecule has 4 fully saturated rings. The third-order valence-corrected chi connectivity index (χ3v) is 8.45. The fourth-order valence-corrected chi connectivity index (χ4v) is 6.64. The average Bonchev–Trinajstić information content (AvgIpc) is 3.44. The first kappa shape index (κ1) is 20.4. The van der Waals surface area contributed by atoms with Gasteiger partial charge >= 0.3 is 0 Å². The van der Waals surface area contributed by atoms with Gasteiger partial charge in [-0.3, -0.25) is 19.6 Å². The Hall–Kier alpha value is -1.46. The van der Waals surface area contributed by atoms with E-state index >= 15 is 0 Å². The Morgan fingerprint density at radius 1 is 0.967 bits per heavy atom. The summed E-state index contributed by atoms with van der Waals surface area (Å²) in [6.07, 6.45) is 15.2. The number of amides is 1. The maximum atomic E-state index is 13.3. The SMILES string of the molecule is O=C(C1CCCN(C2CCN(Cc3ccncc3)CC2)C1)N1CCC2(CCCC2)C1. The zero-order valence-corrected chi connectivity index (χ0v) is 18.5. The van der Waals surface area contributed by atoms with Gasteiger partial charge in [-0.15, -0.1) is 0 Å². The molecule has 3 aliphatic heterocycles. The lowest BCUT2D eigenvalue weighted by atomic mass is 9.85. The van der Waals surface area contributed by atoms with Gasteiger partial charge in [0.05, 0.1) is 5.92 Å². The van der Waals surface area contributed by atoms with Crippen LogP contribution in [0.25, 0.3) is 0 Å². The first-order valence-electron chi connectivity index (χ1n) is 12.3. The highest BCUT2D eigenvalue weighted by Gasteiger charge is 2.43. The van der Waals surface area contributed by atoms with Crippen molar-refractivity contribution in [1.29, 1.82) is 0 Å². The van der Waals surface area contributed by atoms with Crippen molar-refractivity contribution in [1.82, 2.24) is 19.7 Å². The van der Waals surface area contributed by atoms with Crippen LogP contribution < -0.4 is 0 Å². The maximum absolute atomic E-state index is 13.3. The van der Waals surface area contributed by atoms with E-state index in [1.807, 2.05) is 12.4 Å². The molecule has 1 amide bonds. The first-order valence-corrected chi connectivity index (χ1v) is 12.3. The highest BCUT2D eigenvalue weighted by molar-refractivity contribution is 5.79. The molecule has 1 aromatic heterocycles. The van der Waals surface area contributed by atoms with E-state index in [4.69, 9.17) is 0 Å². The summed E-state index contributed by atoms with van der Waals surface area (Å²) in [7, 11) is 0. The lowest BCUT2D eigenvalue weighted by Crippen LogP contribution is -2.51. The van der Waals surface area contributed by atoms with Crippen LogP contribution in [0.5, 0.6) is 0 Å². The number of nitrogens with zero attached hydrogens (tertiary/aromatic N) is 4. The van der Waals surface area contributed by atoms with Gasteiger partial charge in [-0.1, -0.05) is 12.8 Å². The summed E-state index contributed by atoms with van der Waals surface area (Å²) < 4.78 is 0. The summed E-state index contributed by atoms with van der Waals surface area (Å²) in [4.78, 5) is 24.9. The Labute approximate surface area is 181 Å². The van der Waals surface area contributed by atoms with Crippen molar-refractivity contribution >= 4 is 5.91 Å². The average molecular weight is 411 g/mol. The van der Waals surface area contributed by atoms with Gasteiger partial charge in [0.25, 0.3) is 0 Å². The minimum absolute atomic E-state index is 0.241. The van der Waals surface area contributed by atoms with E-state index in [1.165, 1.54) is 63.5 Å². The second-order valence-corrected chi connectivity index (χ2v) is 10.4. The van der Waals surface area contributed by atoms with Crippen LogP contribution in [0, 0.1) is 11.3 Å². The van der Waals surface area contributed by atoms with E-state index in [-0.39, 0.29) is 5.92 Å². The number of rotatable bonds is 4. The molecule has 1 aromatic rings. The van der Waals surface area contributed by atoms with Crippen molar-refractivity contribution in [2.75, 3.05) is 39.3 Å². The molecule has 5 heteroatoms. The molecule has 1 aliphatic carbocycles. The van der Waals surface area contributed by atoms with Crippen molar-refractivity contribution < 1.29 is 4.79 Å². The molecule has 0 N–H and O–H groups in total. The Morgan fingerprint density at radius 3 is 2.50 bits per heavy atom. The van der Waals surface area contributed by atoms with E-state index in [9.17, 15) is 4.79 Å². The zero-order valence-electron chi connectivity index (χ0n) is 18.5. The minimum Gasteiger partial charge on any atom is -0.342 e. The summed E-state index contributed by atoms with van der Waals surface area (Å²) in [6.45, 7) is 7.61.